The summed E-state index contributed by atoms with van der Waals surface area (Å²) in [4.78, 5) is 36.4. The summed E-state index contributed by atoms with van der Waals surface area (Å²) in [5.74, 6) is -1.74. The molecule has 0 unspecified atom stereocenters. The zero-order chi connectivity index (χ0) is 22.1. The highest BCUT2D eigenvalue weighted by molar-refractivity contribution is 5.97. The normalized spacial score (nSPS) is 11.2. The topological polar surface area (TPSA) is 122 Å². The summed E-state index contributed by atoms with van der Waals surface area (Å²) in [5, 5.41) is 21.4. The quantitative estimate of drug-likeness (QED) is 0.327. The van der Waals surface area contributed by atoms with Crippen molar-refractivity contribution in [3.8, 4) is 11.5 Å². The van der Waals surface area contributed by atoms with E-state index in [0.717, 1.165) is 0 Å². The van der Waals surface area contributed by atoms with Crippen LogP contribution in [0, 0.1) is 0 Å². The monoisotopic (exact) mass is 413 g/mol. The van der Waals surface area contributed by atoms with Gasteiger partial charge in [-0.3, -0.25) is 4.79 Å². The predicted molar refractivity (Wildman–Crippen MR) is 108 cm³/mol. The van der Waals surface area contributed by atoms with Crippen LogP contribution >= 0.6 is 0 Å². The van der Waals surface area contributed by atoms with Crippen LogP contribution in [-0.2, 0) is 25.5 Å². The first-order valence-corrected chi connectivity index (χ1v) is 9.13. The molecule has 0 radical (unpaired) electrons. The van der Waals surface area contributed by atoms with Crippen LogP contribution in [0.25, 0.3) is 0 Å². The molecule has 0 fully saturated rings. The predicted octanol–water partition coefficient (Wildman–Crippen LogP) is 2.10. The molecule has 0 aliphatic heterocycles. The second kappa shape index (κ2) is 10.7. The highest BCUT2D eigenvalue weighted by atomic mass is 16.6. The van der Waals surface area contributed by atoms with Gasteiger partial charge in [-0.05, 0) is 48.9 Å². The minimum Gasteiger partial charge on any atom is -0.508 e. The molecule has 0 heterocycles. The fraction of sp³-hybridized carbons (Fsp3) is 0.227. The van der Waals surface area contributed by atoms with Crippen LogP contribution in [0.2, 0.25) is 0 Å². The average Bonchev–Trinajstić information content (AvgIpc) is 2.72. The molecule has 0 bridgehead atoms. The number of rotatable bonds is 9. The minimum absolute atomic E-state index is 0.0101. The summed E-state index contributed by atoms with van der Waals surface area (Å²) in [6.45, 7) is 4.63. The van der Waals surface area contributed by atoms with Gasteiger partial charge in [0.1, 0.15) is 30.8 Å². The van der Waals surface area contributed by atoms with Gasteiger partial charge in [0.25, 0.3) is 5.91 Å². The van der Waals surface area contributed by atoms with Gasteiger partial charge in [0.05, 0.1) is 0 Å². The van der Waals surface area contributed by atoms with E-state index in [1.807, 2.05) is 0 Å². The number of carbonyl (C=O) groups is 3. The fourth-order valence-electron chi connectivity index (χ4n) is 2.42. The summed E-state index contributed by atoms with van der Waals surface area (Å²) >= 11 is 0. The second-order valence-corrected chi connectivity index (χ2v) is 6.53. The number of nitrogens with one attached hydrogen (secondary N) is 1. The lowest BCUT2D eigenvalue weighted by Gasteiger charge is -2.18. The number of ether oxygens (including phenoxy) is 2. The van der Waals surface area contributed by atoms with E-state index in [-0.39, 0.29) is 42.3 Å². The molecule has 0 saturated carbocycles. The Hall–Kier alpha value is -3.81. The Morgan fingerprint density at radius 1 is 0.933 bits per heavy atom. The van der Waals surface area contributed by atoms with Crippen LogP contribution in [-0.4, -0.2) is 47.3 Å². The largest absolute Gasteiger partial charge is 0.508 e. The van der Waals surface area contributed by atoms with Gasteiger partial charge in [0.15, 0.2) is 0 Å². The molecule has 2 aromatic rings. The van der Waals surface area contributed by atoms with Crippen molar-refractivity contribution < 1.29 is 34.1 Å². The summed E-state index contributed by atoms with van der Waals surface area (Å²) in [6.07, 6.45) is 0.120. The maximum absolute atomic E-state index is 12.5. The van der Waals surface area contributed by atoms with Crippen molar-refractivity contribution in [2.45, 2.75) is 19.4 Å². The Morgan fingerprint density at radius 3 is 2.03 bits per heavy atom. The molecule has 0 spiro atoms. The highest BCUT2D eigenvalue weighted by Crippen LogP contribution is 2.13. The molecule has 0 saturated heterocycles. The first-order valence-electron chi connectivity index (χ1n) is 9.13. The van der Waals surface area contributed by atoms with E-state index in [4.69, 9.17) is 9.47 Å². The number of benzene rings is 2. The third-order valence-corrected chi connectivity index (χ3v) is 4.00. The standard InChI is InChI=1S/C22H23NO7/c1-14(2)21(27)29-11-12-30-22(28)19(13-15-3-7-17(24)8-4-15)23-20(26)16-5-9-18(25)10-6-16/h3-10,19,24-25H,1,11-13H2,2H3,(H,23,26)/t19-/m0/s1. The molecular weight excluding hydrogens is 390 g/mol. The van der Waals surface area contributed by atoms with Crippen LogP contribution in [0.1, 0.15) is 22.8 Å². The number of amides is 1. The molecule has 3 N–H and O–H groups in total. The SMILES string of the molecule is C=C(C)C(=O)OCCOC(=O)[C@H](Cc1ccc(O)cc1)NC(=O)c1ccc(O)cc1. The summed E-state index contributed by atoms with van der Waals surface area (Å²) in [5.41, 5.74) is 1.17. The second-order valence-electron chi connectivity index (χ2n) is 6.53. The molecular formula is C22H23NO7. The first-order chi connectivity index (χ1) is 14.3. The number of hydrogen-bond donors (Lipinski definition) is 3. The third kappa shape index (κ3) is 6.97. The Bertz CT molecular complexity index is 904. The molecule has 2 rings (SSSR count). The molecule has 30 heavy (non-hydrogen) atoms. The van der Waals surface area contributed by atoms with E-state index in [2.05, 4.69) is 11.9 Å². The number of carbonyl (C=O) groups excluding carboxylic acids is 3. The van der Waals surface area contributed by atoms with E-state index in [0.29, 0.717) is 5.56 Å². The Balaban J connectivity index is 2.03. The van der Waals surface area contributed by atoms with Crippen molar-refractivity contribution in [3.05, 3.63) is 71.8 Å². The van der Waals surface area contributed by atoms with E-state index in [9.17, 15) is 24.6 Å². The summed E-state index contributed by atoms with van der Waals surface area (Å²) in [7, 11) is 0. The lowest BCUT2D eigenvalue weighted by atomic mass is 10.0. The fourth-order valence-corrected chi connectivity index (χ4v) is 2.42. The zero-order valence-electron chi connectivity index (χ0n) is 16.5. The van der Waals surface area contributed by atoms with E-state index < -0.39 is 23.9 Å². The van der Waals surface area contributed by atoms with Gasteiger partial charge in [0, 0.05) is 17.6 Å². The highest BCUT2D eigenvalue weighted by Gasteiger charge is 2.23. The van der Waals surface area contributed by atoms with Gasteiger partial charge in [-0.25, -0.2) is 9.59 Å². The smallest absolute Gasteiger partial charge is 0.333 e. The van der Waals surface area contributed by atoms with Crippen LogP contribution < -0.4 is 5.32 Å². The van der Waals surface area contributed by atoms with E-state index >= 15 is 0 Å². The van der Waals surface area contributed by atoms with Crippen molar-refractivity contribution in [2.24, 2.45) is 0 Å². The molecule has 0 aliphatic rings. The van der Waals surface area contributed by atoms with Crippen molar-refractivity contribution in [1.29, 1.82) is 0 Å². The van der Waals surface area contributed by atoms with E-state index in [1.54, 1.807) is 12.1 Å². The van der Waals surface area contributed by atoms with Crippen LogP contribution in [0.5, 0.6) is 11.5 Å². The van der Waals surface area contributed by atoms with Crippen molar-refractivity contribution in [3.63, 3.8) is 0 Å². The van der Waals surface area contributed by atoms with Crippen LogP contribution in [0.3, 0.4) is 0 Å². The maximum atomic E-state index is 12.5. The molecule has 0 aliphatic carbocycles. The summed E-state index contributed by atoms with van der Waals surface area (Å²) in [6, 6.07) is 10.7. The Morgan fingerprint density at radius 2 is 1.47 bits per heavy atom. The first kappa shape index (κ1) is 22.5. The number of aromatic hydroxyl groups is 2. The Labute approximate surface area is 173 Å². The molecule has 0 aromatic heterocycles. The number of phenolic OH excluding ortho intramolecular Hbond substituents is 2. The van der Waals surface area contributed by atoms with Crippen molar-refractivity contribution >= 4 is 17.8 Å². The van der Waals surface area contributed by atoms with Crippen LogP contribution in [0.4, 0.5) is 0 Å². The zero-order valence-corrected chi connectivity index (χ0v) is 16.5. The third-order valence-electron chi connectivity index (χ3n) is 4.00. The van der Waals surface area contributed by atoms with Crippen molar-refractivity contribution in [1.82, 2.24) is 5.32 Å². The molecule has 2 aromatic carbocycles. The van der Waals surface area contributed by atoms with E-state index in [1.165, 1.54) is 43.3 Å². The lowest BCUT2D eigenvalue weighted by Crippen LogP contribution is -2.43. The van der Waals surface area contributed by atoms with Gasteiger partial charge in [0.2, 0.25) is 0 Å². The number of hydrogen-bond acceptors (Lipinski definition) is 7. The van der Waals surface area contributed by atoms with Gasteiger partial charge in [-0.2, -0.15) is 0 Å². The number of esters is 2. The average molecular weight is 413 g/mol. The van der Waals surface area contributed by atoms with Gasteiger partial charge >= 0.3 is 11.9 Å². The van der Waals surface area contributed by atoms with Crippen molar-refractivity contribution in [2.75, 3.05) is 13.2 Å². The Kier molecular flexibility index (Phi) is 7.99. The van der Waals surface area contributed by atoms with Gasteiger partial charge in [-0.15, -0.1) is 0 Å². The molecule has 1 atom stereocenters. The molecule has 8 heteroatoms. The maximum Gasteiger partial charge on any atom is 0.333 e. The molecule has 158 valence electrons. The molecule has 1 amide bonds. The minimum atomic E-state index is -1.02. The van der Waals surface area contributed by atoms with Gasteiger partial charge in [-0.1, -0.05) is 18.7 Å². The summed E-state index contributed by atoms with van der Waals surface area (Å²) < 4.78 is 10.0. The van der Waals surface area contributed by atoms with Gasteiger partial charge < -0.3 is 25.0 Å². The number of phenols is 2. The van der Waals surface area contributed by atoms with Crippen LogP contribution in [0.15, 0.2) is 60.7 Å². The lowest BCUT2D eigenvalue weighted by molar-refractivity contribution is -0.151. The molecule has 8 nitrogen and oxygen atoms in total.